The maximum Gasteiger partial charge on any atom is 0.191 e. The third-order valence-electron chi connectivity index (χ3n) is 3.86. The maximum absolute atomic E-state index is 11.7. The van der Waals surface area contributed by atoms with Gasteiger partial charge in [-0.15, -0.1) is 24.0 Å². The van der Waals surface area contributed by atoms with Gasteiger partial charge in [0, 0.05) is 31.4 Å². The molecule has 0 aliphatic rings. The van der Waals surface area contributed by atoms with Crippen molar-refractivity contribution in [2.45, 2.75) is 25.0 Å². The summed E-state index contributed by atoms with van der Waals surface area (Å²) in [5, 5.41) is 6.84. The molecule has 1 rings (SSSR count). The average Bonchev–Trinajstić information content (AvgIpc) is 2.50. The first-order valence-electron chi connectivity index (χ1n) is 7.57. The fraction of sp³-hybridized carbons (Fsp3) is 0.562. The number of nitrogens with one attached hydrogen (secondary N) is 2. The van der Waals surface area contributed by atoms with Gasteiger partial charge in [-0.3, -0.25) is 4.99 Å². The van der Waals surface area contributed by atoms with Crippen molar-refractivity contribution in [2.24, 2.45) is 4.99 Å². The number of nitrogens with zero attached hydrogens (tertiary/aromatic N) is 1. The molecule has 2 N–H and O–H groups in total. The summed E-state index contributed by atoms with van der Waals surface area (Å²) in [6.45, 7) is 4.25. The summed E-state index contributed by atoms with van der Waals surface area (Å²) in [5.74, 6) is 1.27. The van der Waals surface area contributed by atoms with Crippen LogP contribution in [0.5, 0.6) is 5.75 Å². The second kappa shape index (κ2) is 10.4. The fourth-order valence-corrected chi connectivity index (χ4v) is 2.42. The van der Waals surface area contributed by atoms with Gasteiger partial charge in [-0.25, -0.2) is 8.42 Å². The Labute approximate surface area is 172 Å². The van der Waals surface area contributed by atoms with Crippen LogP contribution in [0.2, 0.25) is 5.02 Å². The molecule has 9 heteroatoms. The van der Waals surface area contributed by atoms with E-state index in [1.54, 1.807) is 34.1 Å². The van der Waals surface area contributed by atoms with E-state index in [1.807, 2.05) is 12.1 Å². The van der Waals surface area contributed by atoms with Gasteiger partial charge in [-0.05, 0) is 38.0 Å². The Morgan fingerprint density at radius 1 is 1.32 bits per heavy atom. The Morgan fingerprint density at radius 3 is 2.44 bits per heavy atom. The minimum Gasteiger partial charge on any atom is -0.497 e. The van der Waals surface area contributed by atoms with Crippen molar-refractivity contribution >= 4 is 51.4 Å². The van der Waals surface area contributed by atoms with Crippen molar-refractivity contribution in [3.05, 3.63) is 28.8 Å². The summed E-state index contributed by atoms with van der Waals surface area (Å²) < 4.78 is 27.7. The lowest BCUT2D eigenvalue weighted by atomic mass is 10.1. The van der Waals surface area contributed by atoms with E-state index < -0.39 is 14.6 Å². The van der Waals surface area contributed by atoms with E-state index in [-0.39, 0.29) is 30.5 Å². The van der Waals surface area contributed by atoms with Crippen LogP contribution in [-0.2, 0) is 16.3 Å². The minimum absolute atomic E-state index is 0. The van der Waals surface area contributed by atoms with Crippen LogP contribution in [0.4, 0.5) is 0 Å². The fourth-order valence-electron chi connectivity index (χ4n) is 1.82. The molecule has 6 nitrogen and oxygen atoms in total. The smallest absolute Gasteiger partial charge is 0.191 e. The highest BCUT2D eigenvalue weighted by Gasteiger charge is 2.30. The van der Waals surface area contributed by atoms with E-state index >= 15 is 0 Å². The van der Waals surface area contributed by atoms with Crippen LogP contribution in [0.25, 0.3) is 0 Å². The van der Waals surface area contributed by atoms with Gasteiger partial charge in [-0.2, -0.15) is 0 Å². The SMILES string of the molecule is CN=C(NCCc1ccc(OC)cc1Cl)NCC(C)(C)S(C)(=O)=O.I. The first-order valence-corrected chi connectivity index (χ1v) is 9.84. The number of hydrogen-bond acceptors (Lipinski definition) is 4. The first kappa shape index (κ1) is 24.3. The normalized spacial score (nSPS) is 12.3. The number of sulfone groups is 1. The van der Waals surface area contributed by atoms with Crippen molar-refractivity contribution < 1.29 is 13.2 Å². The predicted octanol–water partition coefficient (Wildman–Crippen LogP) is 2.50. The summed E-state index contributed by atoms with van der Waals surface area (Å²) in [6.07, 6.45) is 1.94. The number of guanidine groups is 1. The van der Waals surface area contributed by atoms with Gasteiger partial charge in [-0.1, -0.05) is 17.7 Å². The standard InChI is InChI=1S/C16H26ClN3O3S.HI/c1-16(2,24(5,21)22)11-20-15(18-3)19-9-8-12-6-7-13(23-4)10-14(12)17;/h6-7,10H,8-9,11H2,1-5H3,(H2,18,19,20);1H. The zero-order valence-electron chi connectivity index (χ0n) is 15.2. The molecule has 0 aliphatic carbocycles. The van der Waals surface area contributed by atoms with Gasteiger partial charge in [0.1, 0.15) is 5.75 Å². The molecular weight excluding hydrogens is 477 g/mol. The maximum atomic E-state index is 11.7. The first-order chi connectivity index (χ1) is 11.1. The lowest BCUT2D eigenvalue weighted by molar-refractivity contribution is 0.414. The largest absolute Gasteiger partial charge is 0.497 e. The van der Waals surface area contributed by atoms with E-state index in [9.17, 15) is 8.42 Å². The summed E-state index contributed by atoms with van der Waals surface area (Å²) in [4.78, 5) is 4.10. The number of aliphatic imine (C=N–C) groups is 1. The van der Waals surface area contributed by atoms with Crippen molar-refractivity contribution in [3.8, 4) is 5.75 Å². The van der Waals surface area contributed by atoms with Crippen LogP contribution in [0, 0.1) is 0 Å². The van der Waals surface area contributed by atoms with E-state index in [0.717, 1.165) is 11.3 Å². The highest BCUT2D eigenvalue weighted by molar-refractivity contribution is 14.0. The van der Waals surface area contributed by atoms with Crippen molar-refractivity contribution in [3.63, 3.8) is 0 Å². The average molecular weight is 504 g/mol. The Kier molecular flexibility index (Phi) is 10.1. The molecule has 25 heavy (non-hydrogen) atoms. The minimum atomic E-state index is -3.16. The predicted molar refractivity (Wildman–Crippen MR) is 115 cm³/mol. The molecular formula is C16H27ClIN3O3S. The third-order valence-corrected chi connectivity index (χ3v) is 6.36. The van der Waals surface area contributed by atoms with Gasteiger partial charge in [0.15, 0.2) is 15.8 Å². The number of hydrogen-bond donors (Lipinski definition) is 2. The Hall–Kier alpha value is -0.740. The lowest BCUT2D eigenvalue weighted by Crippen LogP contribution is -2.48. The quantitative estimate of drug-likeness (QED) is 0.340. The van der Waals surface area contributed by atoms with Crippen LogP contribution in [-0.4, -0.2) is 52.6 Å². The molecule has 0 amide bonds. The van der Waals surface area contributed by atoms with E-state index in [4.69, 9.17) is 16.3 Å². The zero-order chi connectivity index (χ0) is 18.4. The molecule has 0 spiro atoms. The zero-order valence-corrected chi connectivity index (χ0v) is 19.1. The summed E-state index contributed by atoms with van der Waals surface area (Å²) in [7, 11) is 0.0832. The highest BCUT2D eigenvalue weighted by atomic mass is 127. The Morgan fingerprint density at radius 2 is 1.96 bits per heavy atom. The van der Waals surface area contributed by atoms with Crippen molar-refractivity contribution in [1.29, 1.82) is 0 Å². The number of methoxy groups -OCH3 is 1. The summed E-state index contributed by atoms with van der Waals surface area (Å²) in [5.41, 5.74) is 0.997. The molecule has 0 aromatic heterocycles. The third kappa shape index (κ3) is 7.57. The van der Waals surface area contributed by atoms with E-state index in [0.29, 0.717) is 23.9 Å². The second-order valence-electron chi connectivity index (χ2n) is 6.09. The highest BCUT2D eigenvalue weighted by Crippen LogP contribution is 2.22. The van der Waals surface area contributed by atoms with Crippen LogP contribution >= 0.6 is 35.6 Å². The van der Waals surface area contributed by atoms with Gasteiger partial charge in [0.05, 0.1) is 11.9 Å². The molecule has 0 heterocycles. The van der Waals surface area contributed by atoms with Gasteiger partial charge >= 0.3 is 0 Å². The van der Waals surface area contributed by atoms with Gasteiger partial charge in [0.2, 0.25) is 0 Å². The van der Waals surface area contributed by atoms with Gasteiger partial charge in [0.25, 0.3) is 0 Å². The topological polar surface area (TPSA) is 79.8 Å². The van der Waals surface area contributed by atoms with Crippen LogP contribution in [0.1, 0.15) is 19.4 Å². The monoisotopic (exact) mass is 503 g/mol. The summed E-state index contributed by atoms with van der Waals surface area (Å²) in [6, 6.07) is 5.56. The summed E-state index contributed by atoms with van der Waals surface area (Å²) >= 11 is 6.21. The lowest BCUT2D eigenvalue weighted by Gasteiger charge is -2.24. The number of ether oxygens (including phenoxy) is 1. The molecule has 0 atom stereocenters. The molecule has 0 fully saturated rings. The Balaban J connectivity index is 0.00000576. The molecule has 0 bridgehead atoms. The molecule has 144 valence electrons. The van der Waals surface area contributed by atoms with Crippen LogP contribution < -0.4 is 15.4 Å². The second-order valence-corrected chi connectivity index (χ2v) is 9.15. The van der Waals surface area contributed by atoms with Crippen molar-refractivity contribution in [1.82, 2.24) is 10.6 Å². The number of benzene rings is 1. The molecule has 0 saturated heterocycles. The number of halogens is 2. The molecule has 1 aromatic rings. The van der Waals surface area contributed by atoms with Crippen LogP contribution in [0.3, 0.4) is 0 Å². The number of rotatable bonds is 7. The molecule has 1 aromatic carbocycles. The Bertz CT molecular complexity index is 694. The van der Waals surface area contributed by atoms with Crippen LogP contribution in [0.15, 0.2) is 23.2 Å². The van der Waals surface area contributed by atoms with Crippen molar-refractivity contribution in [2.75, 3.05) is 33.5 Å². The van der Waals surface area contributed by atoms with E-state index in [2.05, 4.69) is 15.6 Å². The molecule has 0 unspecified atom stereocenters. The molecule has 0 radical (unpaired) electrons. The van der Waals surface area contributed by atoms with Gasteiger partial charge < -0.3 is 15.4 Å². The molecule has 0 aliphatic heterocycles. The molecule has 0 saturated carbocycles. The van der Waals surface area contributed by atoms with E-state index in [1.165, 1.54) is 6.26 Å².